The van der Waals surface area contributed by atoms with Crippen LogP contribution in [0.4, 0.5) is 10.4 Å². The minimum atomic E-state index is -0.498. The lowest BCUT2D eigenvalue weighted by atomic mass is 10.1. The normalized spacial score (nSPS) is 10.6. The molecule has 0 radical (unpaired) electrons. The highest BCUT2D eigenvalue weighted by Gasteiger charge is 2.14. The molecule has 1 aromatic carbocycles. The summed E-state index contributed by atoms with van der Waals surface area (Å²) in [6, 6.07) is 9.02. The number of amides is 1. The molecule has 0 aliphatic rings. The van der Waals surface area contributed by atoms with Gasteiger partial charge in [-0.1, -0.05) is 17.2 Å². The summed E-state index contributed by atoms with van der Waals surface area (Å²) in [5.74, 6) is -0.387. The average Bonchev–Trinajstić information content (AvgIpc) is 3.11. The van der Waals surface area contributed by atoms with Crippen molar-refractivity contribution in [2.45, 2.75) is 6.42 Å². The molecule has 0 bridgehead atoms. The number of carbonyl (C=O) groups excluding carboxylic acids is 1. The predicted molar refractivity (Wildman–Crippen MR) is 77.9 cm³/mol. The molecule has 8 heteroatoms. The summed E-state index contributed by atoms with van der Waals surface area (Å²) in [5, 5.41) is 9.98. The molecule has 0 atom stereocenters. The van der Waals surface area contributed by atoms with Crippen LogP contribution in [0.25, 0.3) is 0 Å². The van der Waals surface area contributed by atoms with Gasteiger partial charge < -0.3 is 8.83 Å². The first kappa shape index (κ1) is 14.5. The Kier molecular flexibility index (Phi) is 4.01. The minimum absolute atomic E-state index is 0.0327. The number of hydrogen-bond acceptors (Lipinski definition) is 5. The molecular weight excluding hydrogens is 357 g/mol. The van der Waals surface area contributed by atoms with E-state index in [1.165, 1.54) is 18.2 Å². The smallest absolute Gasteiger partial charge is 0.322 e. The van der Waals surface area contributed by atoms with Crippen molar-refractivity contribution in [1.29, 1.82) is 0 Å². The third-order valence-corrected chi connectivity index (χ3v) is 3.18. The molecule has 1 N–H and O–H groups in total. The van der Waals surface area contributed by atoms with E-state index in [1.807, 2.05) is 0 Å². The quantitative estimate of drug-likeness (QED) is 0.765. The Balaban J connectivity index is 1.66. The van der Waals surface area contributed by atoms with Crippen molar-refractivity contribution in [3.8, 4) is 0 Å². The van der Waals surface area contributed by atoms with Gasteiger partial charge in [-0.15, -0.1) is 5.10 Å². The van der Waals surface area contributed by atoms with E-state index in [0.717, 1.165) is 5.56 Å². The number of benzene rings is 1. The van der Waals surface area contributed by atoms with E-state index in [9.17, 15) is 9.18 Å². The number of rotatable bonds is 4. The Morgan fingerprint density at radius 1 is 1.14 bits per heavy atom. The molecule has 3 rings (SSSR count). The second-order valence-corrected chi connectivity index (χ2v) is 5.14. The number of aromatic nitrogens is 2. The summed E-state index contributed by atoms with van der Waals surface area (Å²) in [6.45, 7) is 0. The number of nitrogens with zero attached hydrogens (tertiary/aromatic N) is 2. The van der Waals surface area contributed by atoms with E-state index in [-0.39, 0.29) is 17.6 Å². The Morgan fingerprint density at radius 2 is 1.91 bits per heavy atom. The molecule has 0 unspecified atom stereocenters. The van der Waals surface area contributed by atoms with Crippen LogP contribution in [-0.2, 0) is 6.42 Å². The fourth-order valence-corrected chi connectivity index (χ4v) is 2.05. The van der Waals surface area contributed by atoms with Crippen LogP contribution in [0.5, 0.6) is 0 Å². The molecular formula is C14H9BrFN3O3. The number of furan rings is 1. The molecule has 2 aromatic heterocycles. The van der Waals surface area contributed by atoms with Gasteiger partial charge in [0.25, 0.3) is 5.91 Å². The minimum Gasteiger partial charge on any atom is -0.444 e. The number of carbonyl (C=O) groups is 1. The molecule has 0 saturated carbocycles. The number of hydrogen-bond donors (Lipinski definition) is 1. The van der Waals surface area contributed by atoms with Gasteiger partial charge in [-0.25, -0.2) is 4.39 Å². The van der Waals surface area contributed by atoms with Gasteiger partial charge in [-0.3, -0.25) is 10.1 Å². The third kappa shape index (κ3) is 3.40. The molecule has 112 valence electrons. The second kappa shape index (κ2) is 6.10. The Hall–Kier alpha value is -2.48. The number of anilines is 1. The van der Waals surface area contributed by atoms with Crippen molar-refractivity contribution < 1.29 is 18.0 Å². The van der Waals surface area contributed by atoms with Crippen LogP contribution in [0.2, 0.25) is 0 Å². The number of halogens is 2. The maximum absolute atomic E-state index is 12.8. The lowest BCUT2D eigenvalue weighted by Crippen LogP contribution is -2.10. The van der Waals surface area contributed by atoms with Crippen LogP contribution in [-0.4, -0.2) is 16.1 Å². The lowest BCUT2D eigenvalue weighted by molar-refractivity contribution is 0.0992. The fourth-order valence-electron chi connectivity index (χ4n) is 1.75. The summed E-state index contributed by atoms with van der Waals surface area (Å²) >= 11 is 3.11. The van der Waals surface area contributed by atoms with Gasteiger partial charge >= 0.3 is 6.01 Å². The molecule has 0 aliphatic heterocycles. The van der Waals surface area contributed by atoms with E-state index in [4.69, 9.17) is 8.83 Å². The van der Waals surface area contributed by atoms with E-state index < -0.39 is 5.91 Å². The van der Waals surface area contributed by atoms with Gasteiger partial charge in [0.05, 0.1) is 6.42 Å². The molecule has 0 aliphatic carbocycles. The van der Waals surface area contributed by atoms with Gasteiger partial charge in [-0.05, 0) is 45.8 Å². The van der Waals surface area contributed by atoms with Gasteiger partial charge in [0.15, 0.2) is 10.4 Å². The second-order valence-electron chi connectivity index (χ2n) is 4.36. The van der Waals surface area contributed by atoms with E-state index in [2.05, 4.69) is 31.4 Å². The summed E-state index contributed by atoms with van der Waals surface area (Å²) in [6.07, 6.45) is 0.343. The van der Waals surface area contributed by atoms with Crippen molar-refractivity contribution in [1.82, 2.24) is 10.2 Å². The topological polar surface area (TPSA) is 81.2 Å². The summed E-state index contributed by atoms with van der Waals surface area (Å²) < 4.78 is 23.7. The summed E-state index contributed by atoms with van der Waals surface area (Å²) in [7, 11) is 0. The maximum Gasteiger partial charge on any atom is 0.322 e. The SMILES string of the molecule is O=C(Nc1nnc(Cc2ccc(F)cc2)o1)c1ccc(Br)o1. The Bertz CT molecular complexity index is 798. The first-order valence-corrected chi connectivity index (χ1v) is 7.03. The van der Waals surface area contributed by atoms with Crippen LogP contribution in [0.3, 0.4) is 0 Å². The average molecular weight is 366 g/mol. The van der Waals surface area contributed by atoms with Gasteiger partial charge in [0.1, 0.15) is 5.82 Å². The molecule has 1 amide bonds. The van der Waals surface area contributed by atoms with E-state index in [1.54, 1.807) is 18.2 Å². The maximum atomic E-state index is 12.8. The molecule has 22 heavy (non-hydrogen) atoms. The van der Waals surface area contributed by atoms with Crippen LogP contribution in [0.15, 0.2) is 49.9 Å². The molecule has 6 nitrogen and oxygen atoms in total. The van der Waals surface area contributed by atoms with Crippen LogP contribution < -0.4 is 5.32 Å². The first-order valence-electron chi connectivity index (χ1n) is 6.23. The summed E-state index contributed by atoms with van der Waals surface area (Å²) in [5.41, 5.74) is 0.817. The van der Waals surface area contributed by atoms with Gasteiger partial charge in [-0.2, -0.15) is 0 Å². The molecule has 0 fully saturated rings. The monoisotopic (exact) mass is 365 g/mol. The molecule has 3 aromatic rings. The zero-order valence-corrected chi connectivity index (χ0v) is 12.6. The first-order chi connectivity index (χ1) is 10.6. The van der Waals surface area contributed by atoms with E-state index in [0.29, 0.717) is 17.0 Å². The van der Waals surface area contributed by atoms with Crippen LogP contribution >= 0.6 is 15.9 Å². The Morgan fingerprint density at radius 3 is 2.59 bits per heavy atom. The highest BCUT2D eigenvalue weighted by molar-refractivity contribution is 9.10. The summed E-state index contributed by atoms with van der Waals surface area (Å²) in [4.78, 5) is 11.8. The van der Waals surface area contributed by atoms with Crippen molar-refractivity contribution in [2.24, 2.45) is 0 Å². The van der Waals surface area contributed by atoms with Crippen LogP contribution in [0, 0.1) is 5.82 Å². The highest BCUT2D eigenvalue weighted by Crippen LogP contribution is 2.16. The lowest BCUT2D eigenvalue weighted by Gasteiger charge is -1.97. The molecule has 2 heterocycles. The van der Waals surface area contributed by atoms with Gasteiger partial charge in [0, 0.05) is 0 Å². The van der Waals surface area contributed by atoms with Gasteiger partial charge in [0.2, 0.25) is 5.89 Å². The zero-order valence-electron chi connectivity index (χ0n) is 11.0. The highest BCUT2D eigenvalue weighted by atomic mass is 79.9. The number of nitrogens with one attached hydrogen (secondary N) is 1. The van der Waals surface area contributed by atoms with Crippen molar-refractivity contribution in [2.75, 3.05) is 5.32 Å². The van der Waals surface area contributed by atoms with Crippen molar-refractivity contribution in [3.63, 3.8) is 0 Å². The largest absolute Gasteiger partial charge is 0.444 e. The zero-order chi connectivity index (χ0) is 15.5. The van der Waals surface area contributed by atoms with E-state index >= 15 is 0 Å². The standard InChI is InChI=1S/C14H9BrFN3O3/c15-11-6-5-10(21-11)13(20)17-14-19-18-12(22-14)7-8-1-3-9(16)4-2-8/h1-6H,7H2,(H,17,19,20). The molecule has 0 saturated heterocycles. The fraction of sp³-hybridized carbons (Fsp3) is 0.0714. The Labute approximate surface area is 132 Å². The van der Waals surface area contributed by atoms with Crippen LogP contribution in [0.1, 0.15) is 22.0 Å². The van der Waals surface area contributed by atoms with Crippen molar-refractivity contribution in [3.05, 3.63) is 64.1 Å². The molecule has 0 spiro atoms. The third-order valence-electron chi connectivity index (χ3n) is 2.75. The predicted octanol–water partition coefficient (Wildman–Crippen LogP) is 3.41. The van der Waals surface area contributed by atoms with Crippen molar-refractivity contribution >= 4 is 27.9 Å².